The topological polar surface area (TPSA) is 105 Å². The zero-order valence-electron chi connectivity index (χ0n) is 25.1. The number of methoxy groups -OCH3 is 2. The maximum Gasteiger partial charge on any atom is 0.264 e. The lowest BCUT2D eigenvalue weighted by molar-refractivity contribution is -0.141. The zero-order valence-corrected chi connectivity index (χ0v) is 27.4. The smallest absolute Gasteiger partial charge is 0.264 e. The summed E-state index contributed by atoms with van der Waals surface area (Å²) in [7, 11) is -1.35. The number of hydrogen-bond donors (Lipinski definition) is 1. The number of carbonyl (C=O) groups excluding carboxylic acids is 2. The second-order valence-electron chi connectivity index (χ2n) is 10.8. The lowest BCUT2D eigenvalue weighted by atomic mass is 10.1. The van der Waals surface area contributed by atoms with Crippen LogP contribution in [0.1, 0.15) is 39.7 Å². The van der Waals surface area contributed by atoms with Gasteiger partial charge in [0.05, 0.1) is 24.8 Å². The Morgan fingerprint density at radius 1 is 0.930 bits per heavy atom. The molecule has 0 aliphatic carbocycles. The summed E-state index contributed by atoms with van der Waals surface area (Å²) in [5, 5.41) is 3.66. The van der Waals surface area contributed by atoms with E-state index in [2.05, 4.69) is 5.32 Å². The van der Waals surface area contributed by atoms with Crippen LogP contribution in [-0.2, 0) is 26.2 Å². The van der Waals surface area contributed by atoms with Crippen LogP contribution >= 0.6 is 23.2 Å². The number of anilines is 1. The molecule has 2 amide bonds. The van der Waals surface area contributed by atoms with Crippen LogP contribution in [-0.4, -0.2) is 57.5 Å². The van der Waals surface area contributed by atoms with Gasteiger partial charge in [0.15, 0.2) is 11.5 Å². The van der Waals surface area contributed by atoms with E-state index in [1.165, 1.54) is 43.4 Å². The molecular formula is C31H37Cl2N3O6S. The maximum absolute atomic E-state index is 14.3. The average molecular weight is 651 g/mol. The highest BCUT2D eigenvalue weighted by atomic mass is 35.5. The van der Waals surface area contributed by atoms with Crippen LogP contribution in [0.4, 0.5) is 5.69 Å². The minimum absolute atomic E-state index is 0.0117. The number of ether oxygens (including phenoxy) is 2. The van der Waals surface area contributed by atoms with Gasteiger partial charge in [-0.25, -0.2) is 8.42 Å². The molecule has 9 nitrogen and oxygen atoms in total. The molecule has 3 rings (SSSR count). The van der Waals surface area contributed by atoms with Gasteiger partial charge in [-0.3, -0.25) is 13.9 Å². The minimum Gasteiger partial charge on any atom is -0.493 e. The molecule has 1 N–H and O–H groups in total. The third kappa shape index (κ3) is 8.55. The third-order valence-electron chi connectivity index (χ3n) is 6.51. The molecule has 12 heteroatoms. The molecule has 232 valence electrons. The van der Waals surface area contributed by atoms with Crippen LogP contribution in [0.5, 0.6) is 11.5 Å². The Morgan fingerprint density at radius 2 is 1.58 bits per heavy atom. The van der Waals surface area contributed by atoms with Gasteiger partial charge in [0, 0.05) is 28.2 Å². The van der Waals surface area contributed by atoms with E-state index in [1.54, 1.807) is 49.4 Å². The number of amides is 2. The Hall–Kier alpha value is -3.47. The molecule has 43 heavy (non-hydrogen) atoms. The van der Waals surface area contributed by atoms with Crippen LogP contribution in [0.2, 0.25) is 10.0 Å². The van der Waals surface area contributed by atoms with E-state index in [1.807, 2.05) is 20.8 Å². The fraction of sp³-hybridized carbons (Fsp3) is 0.355. The predicted molar refractivity (Wildman–Crippen MR) is 170 cm³/mol. The molecule has 0 bridgehead atoms. The van der Waals surface area contributed by atoms with Crippen molar-refractivity contribution in [3.8, 4) is 11.5 Å². The van der Waals surface area contributed by atoms with Crippen molar-refractivity contribution in [3.05, 3.63) is 82.3 Å². The molecule has 3 aromatic carbocycles. The Kier molecular flexibility index (Phi) is 11.3. The van der Waals surface area contributed by atoms with Crippen molar-refractivity contribution in [2.24, 2.45) is 0 Å². The highest BCUT2D eigenvalue weighted by molar-refractivity contribution is 7.92. The van der Waals surface area contributed by atoms with Crippen molar-refractivity contribution in [2.75, 3.05) is 25.1 Å². The molecule has 0 aliphatic rings. The van der Waals surface area contributed by atoms with Crippen LogP contribution in [0.25, 0.3) is 0 Å². The number of halogens is 2. The number of rotatable bonds is 12. The maximum atomic E-state index is 14.3. The molecule has 3 aromatic rings. The molecule has 0 saturated carbocycles. The van der Waals surface area contributed by atoms with Gasteiger partial charge in [-0.05, 0) is 69.2 Å². The summed E-state index contributed by atoms with van der Waals surface area (Å²) < 4.78 is 39.8. The lowest BCUT2D eigenvalue weighted by Crippen LogP contribution is -2.55. The number of hydrogen-bond acceptors (Lipinski definition) is 6. The van der Waals surface area contributed by atoms with Crippen molar-refractivity contribution < 1.29 is 27.5 Å². The monoisotopic (exact) mass is 649 g/mol. The van der Waals surface area contributed by atoms with Gasteiger partial charge in [0.25, 0.3) is 10.0 Å². The predicted octanol–water partition coefficient (Wildman–Crippen LogP) is 5.93. The standard InChI is InChI=1S/C31H37Cl2N3O6S/c1-7-26(30(38)34-31(2,3)4)35(19-21-13-14-22(32)17-25(21)33)29(37)20-36(43(39,40)24-11-9-8-10-12-24)23-15-16-27(41-5)28(18-23)42-6/h8-18,26H,7,19-20H2,1-6H3,(H,34,38). The van der Waals surface area contributed by atoms with Crippen molar-refractivity contribution in [2.45, 2.75) is 57.1 Å². The lowest BCUT2D eigenvalue weighted by Gasteiger charge is -2.35. The van der Waals surface area contributed by atoms with Crippen molar-refractivity contribution in [3.63, 3.8) is 0 Å². The van der Waals surface area contributed by atoms with E-state index in [0.29, 0.717) is 21.4 Å². The van der Waals surface area contributed by atoms with Gasteiger partial charge < -0.3 is 19.7 Å². The van der Waals surface area contributed by atoms with Crippen LogP contribution in [0.15, 0.2) is 71.6 Å². The number of carbonyl (C=O) groups is 2. The Morgan fingerprint density at radius 3 is 2.14 bits per heavy atom. The van der Waals surface area contributed by atoms with E-state index in [0.717, 1.165) is 4.31 Å². The molecular weight excluding hydrogens is 613 g/mol. The molecule has 0 radical (unpaired) electrons. The summed E-state index contributed by atoms with van der Waals surface area (Å²) in [6.45, 7) is 6.62. The molecule has 1 unspecified atom stereocenters. The second kappa shape index (κ2) is 14.3. The fourth-order valence-electron chi connectivity index (χ4n) is 4.43. The molecule has 0 aliphatic heterocycles. The Bertz CT molecular complexity index is 1540. The first kappa shape index (κ1) is 34.0. The quantitative estimate of drug-likeness (QED) is 0.261. The van der Waals surface area contributed by atoms with Crippen LogP contribution in [0, 0.1) is 0 Å². The van der Waals surface area contributed by atoms with Gasteiger partial charge in [-0.2, -0.15) is 0 Å². The van der Waals surface area contributed by atoms with Gasteiger partial charge in [-0.1, -0.05) is 54.4 Å². The summed E-state index contributed by atoms with van der Waals surface area (Å²) in [5.74, 6) is -0.326. The van der Waals surface area contributed by atoms with Crippen LogP contribution in [0.3, 0.4) is 0 Å². The van der Waals surface area contributed by atoms with Gasteiger partial charge in [0.1, 0.15) is 12.6 Å². The Labute approximate surface area is 263 Å². The highest BCUT2D eigenvalue weighted by Gasteiger charge is 2.35. The summed E-state index contributed by atoms with van der Waals surface area (Å²) in [6, 6.07) is 16.3. The fourth-order valence-corrected chi connectivity index (χ4v) is 6.33. The molecule has 0 saturated heterocycles. The number of sulfonamides is 1. The number of nitrogens with one attached hydrogen (secondary N) is 1. The van der Waals surface area contributed by atoms with Crippen LogP contribution < -0.4 is 19.1 Å². The zero-order chi connectivity index (χ0) is 31.9. The van der Waals surface area contributed by atoms with E-state index in [4.69, 9.17) is 32.7 Å². The highest BCUT2D eigenvalue weighted by Crippen LogP contribution is 2.34. The first-order valence-corrected chi connectivity index (χ1v) is 15.8. The molecule has 1 atom stereocenters. The molecule has 0 fully saturated rings. The summed E-state index contributed by atoms with van der Waals surface area (Å²) in [6.07, 6.45) is 0.265. The normalized spacial score (nSPS) is 12.3. The van der Waals surface area contributed by atoms with Crippen molar-refractivity contribution >= 4 is 50.7 Å². The van der Waals surface area contributed by atoms with E-state index >= 15 is 0 Å². The van der Waals surface area contributed by atoms with Gasteiger partial charge >= 0.3 is 0 Å². The van der Waals surface area contributed by atoms with E-state index in [9.17, 15) is 18.0 Å². The minimum atomic E-state index is -4.25. The largest absolute Gasteiger partial charge is 0.493 e. The van der Waals surface area contributed by atoms with Crippen molar-refractivity contribution in [1.82, 2.24) is 10.2 Å². The van der Waals surface area contributed by atoms with Gasteiger partial charge in [-0.15, -0.1) is 0 Å². The van der Waals surface area contributed by atoms with Crippen molar-refractivity contribution in [1.29, 1.82) is 0 Å². The first-order valence-electron chi connectivity index (χ1n) is 13.6. The average Bonchev–Trinajstić information content (AvgIpc) is 2.95. The number of benzene rings is 3. The second-order valence-corrected chi connectivity index (χ2v) is 13.5. The Balaban J connectivity index is 2.14. The van der Waals surface area contributed by atoms with Gasteiger partial charge in [0.2, 0.25) is 11.8 Å². The number of nitrogens with zero attached hydrogens (tertiary/aromatic N) is 2. The summed E-state index contributed by atoms with van der Waals surface area (Å²) in [5.41, 5.74) is 0.149. The molecule has 0 heterocycles. The molecule has 0 aromatic heterocycles. The SMILES string of the molecule is CCC(C(=O)NC(C)(C)C)N(Cc1ccc(Cl)cc1Cl)C(=O)CN(c1ccc(OC)c(OC)c1)S(=O)(=O)c1ccccc1. The summed E-state index contributed by atoms with van der Waals surface area (Å²) >= 11 is 12.6. The van der Waals surface area contributed by atoms with E-state index < -0.39 is 34.1 Å². The third-order valence-corrected chi connectivity index (χ3v) is 8.88. The summed E-state index contributed by atoms with van der Waals surface area (Å²) in [4.78, 5) is 29.1. The van der Waals surface area contributed by atoms with E-state index in [-0.39, 0.29) is 35.2 Å². The molecule has 0 spiro atoms. The first-order chi connectivity index (χ1) is 20.2.